The molecule has 0 bridgehead atoms. The van der Waals surface area contributed by atoms with E-state index in [1.165, 1.54) is 0 Å². The second-order valence-corrected chi connectivity index (χ2v) is 10.8. The minimum Gasteiger partial charge on any atom is -0.445 e. The van der Waals surface area contributed by atoms with Gasteiger partial charge in [0.15, 0.2) is 0 Å². The van der Waals surface area contributed by atoms with Gasteiger partial charge in [0.25, 0.3) is 0 Å². The van der Waals surface area contributed by atoms with Crippen LogP contribution in [0.2, 0.25) is 0 Å². The van der Waals surface area contributed by atoms with E-state index in [4.69, 9.17) is 13.9 Å². The van der Waals surface area contributed by atoms with Gasteiger partial charge < -0.3 is 19.2 Å². The first-order chi connectivity index (χ1) is 20.5. The van der Waals surface area contributed by atoms with Crippen LogP contribution in [0.3, 0.4) is 0 Å². The Labute approximate surface area is 245 Å². The maximum absolute atomic E-state index is 13.7. The van der Waals surface area contributed by atoms with Crippen molar-refractivity contribution in [1.82, 2.24) is 5.32 Å². The number of rotatable bonds is 12. The van der Waals surface area contributed by atoms with Gasteiger partial charge in [-0.15, -0.1) is 0 Å². The van der Waals surface area contributed by atoms with Crippen molar-refractivity contribution < 1.29 is 23.5 Å². The molecule has 1 aliphatic carbocycles. The summed E-state index contributed by atoms with van der Waals surface area (Å²) in [6.45, 7) is 2.25. The lowest BCUT2D eigenvalue weighted by Crippen LogP contribution is -2.44. The number of esters is 1. The lowest BCUT2D eigenvalue weighted by Gasteiger charge is -2.19. The zero-order chi connectivity index (χ0) is 29.3. The predicted molar refractivity (Wildman–Crippen MR) is 162 cm³/mol. The summed E-state index contributed by atoms with van der Waals surface area (Å²) in [7, 11) is 0. The van der Waals surface area contributed by atoms with Gasteiger partial charge in [-0.3, -0.25) is 0 Å². The molecule has 3 aromatic carbocycles. The molecule has 0 spiro atoms. The molecule has 1 amide bonds. The third-order valence-corrected chi connectivity index (χ3v) is 7.74. The van der Waals surface area contributed by atoms with Crippen LogP contribution in [0.25, 0.3) is 11.0 Å². The molecule has 0 saturated heterocycles. The minimum absolute atomic E-state index is 0.0791. The average Bonchev–Trinajstić information content (AvgIpc) is 3.51. The number of unbranched alkanes of at least 4 members (excludes halogenated alkanes) is 3. The van der Waals surface area contributed by atoms with Crippen molar-refractivity contribution in [2.45, 2.75) is 77.4 Å². The zero-order valence-corrected chi connectivity index (χ0v) is 24.0. The Kier molecular flexibility index (Phi) is 9.70. The van der Waals surface area contributed by atoms with Crippen LogP contribution >= 0.6 is 0 Å². The number of ether oxygens (including phenoxy) is 2. The summed E-state index contributed by atoms with van der Waals surface area (Å²) >= 11 is 0. The summed E-state index contributed by atoms with van der Waals surface area (Å²) < 4.78 is 17.1. The lowest BCUT2D eigenvalue weighted by molar-refractivity contribution is -0.136. The molecule has 0 saturated carbocycles. The molecule has 5 rings (SSSR count). The van der Waals surface area contributed by atoms with Crippen LogP contribution < -0.4 is 15.7 Å². The Bertz CT molecular complexity index is 1580. The Morgan fingerprint density at radius 2 is 1.62 bits per heavy atom. The summed E-state index contributed by atoms with van der Waals surface area (Å²) in [6, 6.07) is 21.5. The molecule has 0 aliphatic heterocycles. The number of fused-ring (bicyclic) bond motifs is 3. The number of aryl methyl sites for hydroxylation is 2. The summed E-state index contributed by atoms with van der Waals surface area (Å²) in [5.41, 5.74) is 4.47. The van der Waals surface area contributed by atoms with Crippen LogP contribution in [0.5, 0.6) is 5.75 Å². The molecule has 42 heavy (non-hydrogen) atoms. The predicted octanol–water partition coefficient (Wildman–Crippen LogP) is 6.85. The molecule has 1 N–H and O–H groups in total. The highest BCUT2D eigenvalue weighted by molar-refractivity contribution is 5.87. The number of nitrogens with one attached hydrogen (secondary N) is 1. The normalized spacial score (nSPS) is 13.0. The fraction of sp³-hybridized carbons (Fsp3) is 0.343. The van der Waals surface area contributed by atoms with Crippen molar-refractivity contribution in [3.8, 4) is 5.75 Å². The van der Waals surface area contributed by atoms with Gasteiger partial charge in [0.1, 0.15) is 24.0 Å². The largest absolute Gasteiger partial charge is 0.445 e. The van der Waals surface area contributed by atoms with Crippen molar-refractivity contribution in [1.29, 1.82) is 0 Å². The minimum atomic E-state index is -0.994. The molecule has 0 radical (unpaired) electrons. The van der Waals surface area contributed by atoms with Gasteiger partial charge in [-0.1, -0.05) is 86.8 Å². The Morgan fingerprint density at radius 3 is 2.36 bits per heavy atom. The number of benzene rings is 3. The standard InChI is InChI=1S/C35H37NO6/c1-2-3-4-11-17-26-21-29-27-18-12-19-28(27)33(37)42-32(29)22-31(26)41-34(38)30(20-24-13-7-5-8-14-24)36-35(39)40-23-25-15-9-6-10-16-25/h5-10,13-16,21-22,30H,2-4,11-12,17-20,23H2,1H3,(H,36,39)/t30-/m1/s1. The van der Waals surface area contributed by atoms with Gasteiger partial charge in [0.05, 0.1) is 0 Å². The fourth-order valence-electron chi connectivity index (χ4n) is 5.52. The van der Waals surface area contributed by atoms with E-state index in [0.717, 1.165) is 84.6 Å². The van der Waals surface area contributed by atoms with E-state index in [1.54, 1.807) is 6.07 Å². The number of hydrogen-bond donors (Lipinski definition) is 1. The Morgan fingerprint density at radius 1 is 0.905 bits per heavy atom. The van der Waals surface area contributed by atoms with E-state index in [9.17, 15) is 14.4 Å². The van der Waals surface area contributed by atoms with Gasteiger partial charge in [-0.05, 0) is 60.4 Å². The summed E-state index contributed by atoms with van der Waals surface area (Å²) in [5, 5.41) is 3.62. The maximum Gasteiger partial charge on any atom is 0.408 e. The smallest absolute Gasteiger partial charge is 0.408 e. The number of alkyl carbamates (subject to hydrolysis) is 1. The maximum atomic E-state index is 13.7. The number of carbonyl (C=O) groups excluding carboxylic acids is 2. The van der Waals surface area contributed by atoms with Crippen LogP contribution in [-0.2, 0) is 41.8 Å². The highest BCUT2D eigenvalue weighted by Crippen LogP contribution is 2.33. The molecule has 4 aromatic rings. The highest BCUT2D eigenvalue weighted by Gasteiger charge is 2.27. The van der Waals surface area contributed by atoms with E-state index >= 15 is 0 Å². The van der Waals surface area contributed by atoms with Gasteiger partial charge >= 0.3 is 17.7 Å². The molecule has 1 atom stereocenters. The third kappa shape index (κ3) is 7.27. The SMILES string of the molecule is CCCCCCc1cc2c3c(c(=O)oc2cc1OC(=O)[C@@H](Cc1ccccc1)NC(=O)OCc1ccccc1)CCC3. The molecular formula is C35H37NO6. The second kappa shape index (κ2) is 14.0. The molecule has 0 fully saturated rings. The molecular weight excluding hydrogens is 530 g/mol. The lowest BCUT2D eigenvalue weighted by atomic mass is 9.99. The van der Waals surface area contributed by atoms with Crippen LogP contribution in [0.4, 0.5) is 4.79 Å². The molecule has 1 aliphatic rings. The molecule has 1 aromatic heterocycles. The van der Waals surface area contributed by atoms with E-state index in [-0.39, 0.29) is 18.7 Å². The molecule has 1 heterocycles. The molecule has 7 nitrogen and oxygen atoms in total. The van der Waals surface area contributed by atoms with E-state index < -0.39 is 18.1 Å². The van der Waals surface area contributed by atoms with E-state index in [1.807, 2.05) is 66.7 Å². The molecule has 218 valence electrons. The first-order valence-electron chi connectivity index (χ1n) is 14.9. The summed E-state index contributed by atoms with van der Waals surface area (Å²) in [6.07, 6.45) is 6.97. The topological polar surface area (TPSA) is 94.8 Å². The van der Waals surface area contributed by atoms with Crippen molar-refractivity contribution >= 4 is 23.0 Å². The van der Waals surface area contributed by atoms with Crippen LogP contribution in [0, 0.1) is 0 Å². The van der Waals surface area contributed by atoms with Crippen molar-refractivity contribution in [3.63, 3.8) is 0 Å². The Balaban J connectivity index is 1.40. The molecule has 7 heteroatoms. The zero-order valence-electron chi connectivity index (χ0n) is 24.0. The van der Waals surface area contributed by atoms with Crippen LogP contribution in [-0.4, -0.2) is 18.1 Å². The van der Waals surface area contributed by atoms with E-state index in [2.05, 4.69) is 12.2 Å². The first-order valence-corrected chi connectivity index (χ1v) is 14.9. The average molecular weight is 568 g/mol. The monoisotopic (exact) mass is 567 g/mol. The van der Waals surface area contributed by atoms with Gasteiger partial charge in [0.2, 0.25) is 0 Å². The number of hydrogen-bond acceptors (Lipinski definition) is 6. The number of carbonyl (C=O) groups is 2. The van der Waals surface area contributed by atoms with Crippen LogP contribution in [0.1, 0.15) is 66.8 Å². The first kappa shape index (κ1) is 29.1. The van der Waals surface area contributed by atoms with E-state index in [0.29, 0.717) is 11.3 Å². The third-order valence-electron chi connectivity index (χ3n) is 7.74. The second-order valence-electron chi connectivity index (χ2n) is 10.8. The summed E-state index contributed by atoms with van der Waals surface area (Å²) in [4.78, 5) is 39.1. The van der Waals surface area contributed by atoms with Crippen molar-refractivity contribution in [3.05, 3.63) is 111 Å². The van der Waals surface area contributed by atoms with Crippen LogP contribution in [0.15, 0.2) is 82.0 Å². The van der Waals surface area contributed by atoms with Crippen molar-refractivity contribution in [2.24, 2.45) is 0 Å². The number of amides is 1. The van der Waals surface area contributed by atoms with Gasteiger partial charge in [-0.2, -0.15) is 0 Å². The summed E-state index contributed by atoms with van der Waals surface area (Å²) in [5.74, 6) is -0.268. The quantitative estimate of drug-likeness (QED) is 0.0871. The van der Waals surface area contributed by atoms with Crippen molar-refractivity contribution in [2.75, 3.05) is 0 Å². The van der Waals surface area contributed by atoms with Gasteiger partial charge in [0, 0.05) is 23.4 Å². The Hall–Kier alpha value is -4.39. The van der Waals surface area contributed by atoms with Gasteiger partial charge in [-0.25, -0.2) is 14.4 Å². The molecule has 0 unspecified atom stereocenters. The fourth-order valence-corrected chi connectivity index (χ4v) is 5.52. The highest BCUT2D eigenvalue weighted by atomic mass is 16.6.